The monoisotopic (exact) mass is 195 g/mol. The van der Waals surface area contributed by atoms with Gasteiger partial charge >= 0.3 is 5.97 Å². The third kappa shape index (κ3) is 2.39. The highest BCUT2D eigenvalue weighted by atomic mass is 16.5. The minimum Gasteiger partial charge on any atom is -0.508 e. The first-order valence-electron chi connectivity index (χ1n) is 4.30. The number of carbonyl (C=O) groups excluding carboxylic acids is 1. The van der Waals surface area contributed by atoms with Gasteiger partial charge in [-0.05, 0) is 32.0 Å². The molecule has 0 aliphatic carbocycles. The number of aromatic hydroxyl groups is 1. The lowest BCUT2D eigenvalue weighted by molar-refractivity contribution is 0.0379. The molecule has 1 aromatic carbocycles. The molecule has 0 amide bonds. The highest BCUT2D eigenvalue weighted by Gasteiger charge is 2.13. The van der Waals surface area contributed by atoms with E-state index in [1.54, 1.807) is 13.8 Å². The lowest BCUT2D eigenvalue weighted by atomic mass is 10.2. The number of ether oxygens (including phenoxy) is 1. The normalized spacial score (nSPS) is 10.2. The van der Waals surface area contributed by atoms with Crippen LogP contribution in [-0.2, 0) is 4.74 Å². The van der Waals surface area contributed by atoms with Crippen LogP contribution in [0.15, 0.2) is 18.2 Å². The van der Waals surface area contributed by atoms with Crippen LogP contribution in [0.25, 0.3) is 0 Å². The van der Waals surface area contributed by atoms with Crippen LogP contribution in [0.3, 0.4) is 0 Å². The van der Waals surface area contributed by atoms with Crippen LogP contribution in [0.1, 0.15) is 24.2 Å². The summed E-state index contributed by atoms with van der Waals surface area (Å²) in [6, 6.07) is 4.17. The van der Waals surface area contributed by atoms with E-state index in [4.69, 9.17) is 15.6 Å². The van der Waals surface area contributed by atoms with Crippen molar-refractivity contribution in [1.29, 1.82) is 0 Å². The fourth-order valence-electron chi connectivity index (χ4n) is 0.999. The van der Waals surface area contributed by atoms with Gasteiger partial charge in [-0.1, -0.05) is 0 Å². The topological polar surface area (TPSA) is 72.5 Å². The third-order valence-electron chi connectivity index (χ3n) is 1.60. The minimum absolute atomic E-state index is 0.00472. The molecule has 14 heavy (non-hydrogen) atoms. The van der Waals surface area contributed by atoms with E-state index in [0.29, 0.717) is 5.69 Å². The first-order valence-corrected chi connectivity index (χ1v) is 4.30. The molecule has 3 N–H and O–H groups in total. The number of phenolic OH excluding ortho intramolecular Hbond substituents is 1. The first kappa shape index (κ1) is 10.4. The Hall–Kier alpha value is -1.71. The van der Waals surface area contributed by atoms with Crippen LogP contribution in [0, 0.1) is 0 Å². The molecule has 0 fully saturated rings. The second kappa shape index (κ2) is 4.00. The van der Waals surface area contributed by atoms with Gasteiger partial charge < -0.3 is 15.6 Å². The van der Waals surface area contributed by atoms with E-state index in [0.717, 1.165) is 0 Å². The Kier molecular flexibility index (Phi) is 2.96. The van der Waals surface area contributed by atoms with Crippen molar-refractivity contribution in [1.82, 2.24) is 0 Å². The second-order valence-electron chi connectivity index (χ2n) is 3.23. The van der Waals surface area contributed by atoms with Crippen molar-refractivity contribution >= 4 is 11.7 Å². The SMILES string of the molecule is CC(C)OC(=O)c1cc(O)ccc1N. The number of anilines is 1. The van der Waals surface area contributed by atoms with Crippen LogP contribution in [-0.4, -0.2) is 17.2 Å². The van der Waals surface area contributed by atoms with Crippen molar-refractivity contribution in [3.05, 3.63) is 23.8 Å². The van der Waals surface area contributed by atoms with E-state index in [9.17, 15) is 4.79 Å². The summed E-state index contributed by atoms with van der Waals surface area (Å²) in [5, 5.41) is 9.16. The standard InChI is InChI=1S/C10H13NO3/c1-6(2)14-10(13)8-5-7(12)3-4-9(8)11/h3-6,12H,11H2,1-2H3. The summed E-state index contributed by atoms with van der Waals surface area (Å²) in [6.07, 6.45) is -0.204. The van der Waals surface area contributed by atoms with E-state index < -0.39 is 5.97 Å². The summed E-state index contributed by atoms with van der Waals surface area (Å²) in [5.74, 6) is -0.525. The zero-order chi connectivity index (χ0) is 10.7. The zero-order valence-corrected chi connectivity index (χ0v) is 8.15. The quantitative estimate of drug-likeness (QED) is 0.426. The molecule has 0 heterocycles. The summed E-state index contributed by atoms with van der Waals surface area (Å²) in [4.78, 5) is 11.4. The molecule has 0 atom stereocenters. The van der Waals surface area contributed by atoms with E-state index in [-0.39, 0.29) is 17.4 Å². The van der Waals surface area contributed by atoms with Gasteiger partial charge in [-0.25, -0.2) is 4.79 Å². The molecule has 0 aliphatic rings. The van der Waals surface area contributed by atoms with E-state index in [2.05, 4.69) is 0 Å². The Labute approximate surface area is 82.3 Å². The molecular formula is C10H13NO3. The number of benzene rings is 1. The van der Waals surface area contributed by atoms with Gasteiger partial charge in [0.2, 0.25) is 0 Å². The van der Waals surface area contributed by atoms with E-state index in [1.165, 1.54) is 18.2 Å². The number of hydrogen-bond acceptors (Lipinski definition) is 4. The number of nitrogens with two attached hydrogens (primary N) is 1. The fraction of sp³-hybridized carbons (Fsp3) is 0.300. The Morgan fingerprint density at radius 1 is 1.50 bits per heavy atom. The number of phenols is 1. The molecule has 1 rings (SSSR count). The molecule has 0 saturated heterocycles. The van der Waals surface area contributed by atoms with Crippen LogP contribution < -0.4 is 5.73 Å². The van der Waals surface area contributed by atoms with Gasteiger partial charge in [0.1, 0.15) is 5.75 Å². The first-order chi connectivity index (χ1) is 6.50. The molecule has 0 bridgehead atoms. The van der Waals surface area contributed by atoms with Gasteiger partial charge in [-0.15, -0.1) is 0 Å². The van der Waals surface area contributed by atoms with Gasteiger partial charge in [0.25, 0.3) is 0 Å². The van der Waals surface area contributed by atoms with Gasteiger partial charge in [0, 0.05) is 5.69 Å². The Balaban J connectivity index is 2.94. The number of hydrogen-bond donors (Lipinski definition) is 2. The molecule has 1 aromatic rings. The number of carbonyl (C=O) groups is 1. The van der Waals surface area contributed by atoms with E-state index >= 15 is 0 Å². The van der Waals surface area contributed by atoms with Crippen LogP contribution in [0.4, 0.5) is 5.69 Å². The molecule has 0 aromatic heterocycles. The number of rotatable bonds is 2. The van der Waals surface area contributed by atoms with Crippen molar-refractivity contribution in [3.63, 3.8) is 0 Å². The van der Waals surface area contributed by atoms with Crippen molar-refractivity contribution < 1.29 is 14.6 Å². The predicted molar refractivity (Wildman–Crippen MR) is 53.1 cm³/mol. The summed E-state index contributed by atoms with van der Waals surface area (Å²) in [6.45, 7) is 3.49. The molecule has 0 aliphatic heterocycles. The highest BCUT2D eigenvalue weighted by Crippen LogP contribution is 2.19. The molecule has 0 spiro atoms. The molecule has 4 heteroatoms. The van der Waals surface area contributed by atoms with Gasteiger partial charge in [-0.3, -0.25) is 0 Å². The van der Waals surface area contributed by atoms with E-state index in [1.807, 2.05) is 0 Å². The Morgan fingerprint density at radius 2 is 2.14 bits per heavy atom. The highest BCUT2D eigenvalue weighted by molar-refractivity contribution is 5.95. The summed E-state index contributed by atoms with van der Waals surface area (Å²) in [5.41, 5.74) is 6.05. The number of nitrogen functional groups attached to an aromatic ring is 1. The Morgan fingerprint density at radius 3 is 2.71 bits per heavy atom. The molecule has 0 saturated carbocycles. The molecular weight excluding hydrogens is 182 g/mol. The molecule has 4 nitrogen and oxygen atoms in total. The van der Waals surface area contributed by atoms with Gasteiger partial charge in [-0.2, -0.15) is 0 Å². The zero-order valence-electron chi connectivity index (χ0n) is 8.15. The smallest absolute Gasteiger partial charge is 0.340 e. The van der Waals surface area contributed by atoms with Crippen LogP contribution in [0.2, 0.25) is 0 Å². The minimum atomic E-state index is -0.520. The van der Waals surface area contributed by atoms with Crippen molar-refractivity contribution in [2.24, 2.45) is 0 Å². The van der Waals surface area contributed by atoms with Crippen LogP contribution >= 0.6 is 0 Å². The maximum atomic E-state index is 11.4. The van der Waals surface area contributed by atoms with Crippen molar-refractivity contribution in [2.45, 2.75) is 20.0 Å². The molecule has 0 radical (unpaired) electrons. The lowest BCUT2D eigenvalue weighted by Crippen LogP contribution is -2.13. The largest absolute Gasteiger partial charge is 0.508 e. The van der Waals surface area contributed by atoms with Gasteiger partial charge in [0.15, 0.2) is 0 Å². The maximum absolute atomic E-state index is 11.4. The average molecular weight is 195 g/mol. The third-order valence-corrected chi connectivity index (χ3v) is 1.60. The second-order valence-corrected chi connectivity index (χ2v) is 3.23. The van der Waals surface area contributed by atoms with Crippen molar-refractivity contribution in [3.8, 4) is 5.75 Å². The predicted octanol–water partition coefficient (Wildman–Crippen LogP) is 1.54. The molecule has 76 valence electrons. The lowest BCUT2D eigenvalue weighted by Gasteiger charge is -2.09. The maximum Gasteiger partial charge on any atom is 0.340 e. The average Bonchev–Trinajstić information content (AvgIpc) is 2.08. The van der Waals surface area contributed by atoms with Gasteiger partial charge in [0.05, 0.1) is 11.7 Å². The summed E-state index contributed by atoms with van der Waals surface area (Å²) >= 11 is 0. The summed E-state index contributed by atoms with van der Waals surface area (Å²) in [7, 11) is 0. The number of esters is 1. The Bertz CT molecular complexity index is 347. The molecule has 0 unspecified atom stereocenters. The van der Waals surface area contributed by atoms with Crippen molar-refractivity contribution in [2.75, 3.05) is 5.73 Å². The summed E-state index contributed by atoms with van der Waals surface area (Å²) < 4.78 is 4.94. The van der Waals surface area contributed by atoms with Crippen LogP contribution in [0.5, 0.6) is 5.75 Å². The fourth-order valence-corrected chi connectivity index (χ4v) is 0.999.